The van der Waals surface area contributed by atoms with E-state index < -0.39 is 0 Å². The molecule has 0 bridgehead atoms. The number of hydrogen-bond acceptors (Lipinski definition) is 4. The molecule has 2 aromatic rings. The summed E-state index contributed by atoms with van der Waals surface area (Å²) in [5, 5.41) is 5.86. The first-order valence-corrected chi connectivity index (χ1v) is 6.91. The van der Waals surface area contributed by atoms with Crippen molar-refractivity contribution in [2.75, 3.05) is 20.1 Å². The highest BCUT2D eigenvalue weighted by Crippen LogP contribution is 2.20. The number of rotatable bonds is 7. The van der Waals surface area contributed by atoms with Crippen molar-refractivity contribution in [1.82, 2.24) is 15.6 Å². The molecule has 5 nitrogen and oxygen atoms in total. The number of aromatic nitrogens is 1. The number of pyridine rings is 1. The lowest BCUT2D eigenvalue weighted by molar-refractivity contribution is 0.0948. The van der Waals surface area contributed by atoms with Gasteiger partial charge in [-0.1, -0.05) is 18.2 Å². The summed E-state index contributed by atoms with van der Waals surface area (Å²) in [6.45, 7) is 1.48. The summed E-state index contributed by atoms with van der Waals surface area (Å²) in [5.41, 5.74) is 0.355. The van der Waals surface area contributed by atoms with Crippen molar-refractivity contribution in [1.29, 1.82) is 0 Å². The molecule has 0 saturated carbocycles. The maximum atomic E-state index is 12.0. The molecule has 2 rings (SSSR count). The Hall–Kier alpha value is -2.40. The average Bonchev–Trinajstić information content (AvgIpc) is 2.53. The van der Waals surface area contributed by atoms with Gasteiger partial charge in [-0.15, -0.1) is 0 Å². The molecule has 0 aliphatic carbocycles. The van der Waals surface area contributed by atoms with Crippen molar-refractivity contribution in [2.24, 2.45) is 0 Å². The van der Waals surface area contributed by atoms with Crippen molar-refractivity contribution in [3.8, 4) is 11.5 Å². The van der Waals surface area contributed by atoms with Crippen LogP contribution in [0.2, 0.25) is 0 Å². The number of nitrogens with zero attached hydrogens (tertiary/aromatic N) is 1. The molecule has 0 aliphatic heterocycles. The van der Waals surface area contributed by atoms with Gasteiger partial charge in [0, 0.05) is 18.8 Å². The van der Waals surface area contributed by atoms with Crippen LogP contribution in [0.5, 0.6) is 11.5 Å². The summed E-state index contributed by atoms with van der Waals surface area (Å²) < 4.78 is 5.68. The Bertz CT molecular complexity index is 573. The molecule has 0 saturated heterocycles. The molecule has 1 amide bonds. The fraction of sp³-hybridized carbons (Fsp3) is 0.250. The smallest absolute Gasteiger partial charge is 0.270 e. The molecule has 2 N–H and O–H groups in total. The van der Waals surface area contributed by atoms with E-state index in [9.17, 15) is 4.79 Å². The van der Waals surface area contributed by atoms with Crippen LogP contribution in [0.3, 0.4) is 0 Å². The van der Waals surface area contributed by atoms with Gasteiger partial charge < -0.3 is 15.4 Å². The van der Waals surface area contributed by atoms with Gasteiger partial charge in [-0.2, -0.15) is 0 Å². The molecule has 0 spiro atoms. The maximum Gasteiger partial charge on any atom is 0.270 e. The van der Waals surface area contributed by atoms with Crippen molar-refractivity contribution < 1.29 is 9.53 Å². The van der Waals surface area contributed by atoms with E-state index in [-0.39, 0.29) is 5.91 Å². The van der Waals surface area contributed by atoms with E-state index in [1.54, 1.807) is 18.3 Å². The minimum Gasteiger partial charge on any atom is -0.457 e. The van der Waals surface area contributed by atoms with Crippen LogP contribution in [0.4, 0.5) is 0 Å². The van der Waals surface area contributed by atoms with Gasteiger partial charge >= 0.3 is 0 Å². The predicted octanol–water partition coefficient (Wildman–Crippen LogP) is 2.21. The first-order chi connectivity index (χ1) is 10.3. The molecule has 0 aliphatic rings. The van der Waals surface area contributed by atoms with Crippen LogP contribution in [-0.4, -0.2) is 31.0 Å². The van der Waals surface area contributed by atoms with Crippen LogP contribution >= 0.6 is 0 Å². The van der Waals surface area contributed by atoms with Crippen LogP contribution in [-0.2, 0) is 0 Å². The SMILES string of the molecule is CNCCCNC(=O)c1cc(Oc2ccccc2)ccn1. The Morgan fingerprint density at radius 1 is 1.14 bits per heavy atom. The Labute approximate surface area is 124 Å². The molecule has 0 atom stereocenters. The first kappa shape index (κ1) is 15.0. The van der Waals surface area contributed by atoms with E-state index in [0.717, 1.165) is 18.7 Å². The Kier molecular flexibility index (Phi) is 5.72. The largest absolute Gasteiger partial charge is 0.457 e. The fourth-order valence-electron chi connectivity index (χ4n) is 1.78. The number of carbonyl (C=O) groups is 1. The van der Waals surface area contributed by atoms with Gasteiger partial charge in [0.2, 0.25) is 0 Å². The summed E-state index contributed by atoms with van der Waals surface area (Å²) in [6.07, 6.45) is 2.45. The van der Waals surface area contributed by atoms with Crippen molar-refractivity contribution in [3.63, 3.8) is 0 Å². The second-order valence-corrected chi connectivity index (χ2v) is 4.50. The van der Waals surface area contributed by atoms with Crippen molar-refractivity contribution >= 4 is 5.91 Å². The van der Waals surface area contributed by atoms with Gasteiger partial charge in [-0.3, -0.25) is 9.78 Å². The molecule has 110 valence electrons. The van der Waals surface area contributed by atoms with Crippen molar-refractivity contribution in [2.45, 2.75) is 6.42 Å². The highest BCUT2D eigenvalue weighted by molar-refractivity contribution is 5.92. The fourth-order valence-corrected chi connectivity index (χ4v) is 1.78. The van der Waals surface area contributed by atoms with Gasteiger partial charge in [0.25, 0.3) is 5.91 Å². The van der Waals surface area contributed by atoms with E-state index in [1.165, 1.54) is 0 Å². The van der Waals surface area contributed by atoms with E-state index in [4.69, 9.17) is 4.74 Å². The third-order valence-corrected chi connectivity index (χ3v) is 2.83. The predicted molar refractivity (Wildman–Crippen MR) is 81.6 cm³/mol. The third-order valence-electron chi connectivity index (χ3n) is 2.83. The zero-order valence-electron chi connectivity index (χ0n) is 12.0. The minimum absolute atomic E-state index is 0.190. The van der Waals surface area contributed by atoms with Gasteiger partial charge in [-0.05, 0) is 38.2 Å². The number of amides is 1. The lowest BCUT2D eigenvalue weighted by Crippen LogP contribution is -2.27. The number of hydrogen-bond donors (Lipinski definition) is 2. The standard InChI is InChI=1S/C16H19N3O2/c1-17-9-5-10-19-16(20)15-12-14(8-11-18-15)21-13-6-3-2-4-7-13/h2-4,6-8,11-12,17H,5,9-10H2,1H3,(H,19,20). The summed E-state index contributed by atoms with van der Waals surface area (Å²) in [4.78, 5) is 16.0. The summed E-state index contributed by atoms with van der Waals surface area (Å²) in [7, 11) is 1.88. The van der Waals surface area contributed by atoms with Gasteiger partial charge in [0.05, 0.1) is 0 Å². The third kappa shape index (κ3) is 4.89. The molecule has 21 heavy (non-hydrogen) atoms. The lowest BCUT2D eigenvalue weighted by Gasteiger charge is -2.07. The second kappa shape index (κ2) is 8.01. The Morgan fingerprint density at radius 3 is 2.71 bits per heavy atom. The second-order valence-electron chi connectivity index (χ2n) is 4.50. The first-order valence-electron chi connectivity index (χ1n) is 6.91. The molecule has 1 aromatic carbocycles. The van der Waals surface area contributed by atoms with Crippen LogP contribution in [0, 0.1) is 0 Å². The molecule has 0 fully saturated rings. The monoisotopic (exact) mass is 285 g/mol. The quantitative estimate of drug-likeness (QED) is 0.766. The molecule has 1 aromatic heterocycles. The molecule has 1 heterocycles. The van der Waals surface area contributed by atoms with Crippen molar-refractivity contribution in [3.05, 3.63) is 54.4 Å². The van der Waals surface area contributed by atoms with E-state index in [0.29, 0.717) is 18.0 Å². The summed E-state index contributed by atoms with van der Waals surface area (Å²) in [5.74, 6) is 1.13. The van der Waals surface area contributed by atoms with Crippen LogP contribution in [0.1, 0.15) is 16.9 Å². The zero-order valence-corrected chi connectivity index (χ0v) is 12.0. The molecule has 0 radical (unpaired) electrons. The van der Waals surface area contributed by atoms with Crippen LogP contribution < -0.4 is 15.4 Å². The number of nitrogens with one attached hydrogen (secondary N) is 2. The van der Waals surface area contributed by atoms with E-state index >= 15 is 0 Å². The van der Waals surface area contributed by atoms with E-state index in [2.05, 4.69) is 15.6 Å². The Balaban J connectivity index is 1.95. The molecule has 0 unspecified atom stereocenters. The molecular weight excluding hydrogens is 266 g/mol. The number of ether oxygens (including phenoxy) is 1. The number of benzene rings is 1. The minimum atomic E-state index is -0.190. The number of carbonyl (C=O) groups excluding carboxylic acids is 1. The summed E-state index contributed by atoms with van der Waals surface area (Å²) in [6, 6.07) is 12.8. The number of para-hydroxylation sites is 1. The maximum absolute atomic E-state index is 12.0. The highest BCUT2D eigenvalue weighted by Gasteiger charge is 2.08. The summed E-state index contributed by atoms with van der Waals surface area (Å²) >= 11 is 0. The van der Waals surface area contributed by atoms with Gasteiger partial charge in [0.15, 0.2) is 0 Å². The lowest BCUT2D eigenvalue weighted by atomic mass is 10.3. The highest BCUT2D eigenvalue weighted by atomic mass is 16.5. The zero-order chi connectivity index (χ0) is 14.9. The van der Waals surface area contributed by atoms with Crippen LogP contribution in [0.15, 0.2) is 48.7 Å². The van der Waals surface area contributed by atoms with E-state index in [1.807, 2.05) is 37.4 Å². The Morgan fingerprint density at radius 2 is 1.95 bits per heavy atom. The molecular formula is C16H19N3O2. The molecule has 5 heteroatoms. The average molecular weight is 285 g/mol. The normalized spacial score (nSPS) is 10.1. The van der Waals surface area contributed by atoms with Gasteiger partial charge in [0.1, 0.15) is 17.2 Å². The van der Waals surface area contributed by atoms with Gasteiger partial charge in [-0.25, -0.2) is 0 Å². The topological polar surface area (TPSA) is 63.2 Å². The van der Waals surface area contributed by atoms with Crippen LogP contribution in [0.25, 0.3) is 0 Å².